The topological polar surface area (TPSA) is 120 Å². The monoisotopic (exact) mass is 851 g/mol. The zero-order chi connectivity index (χ0) is 44.0. The van der Waals surface area contributed by atoms with Crippen LogP contribution in [0.3, 0.4) is 0 Å². The first-order valence-electron chi connectivity index (χ1n) is 23.9. The summed E-state index contributed by atoms with van der Waals surface area (Å²) in [6.45, 7) is 39.6. The molecule has 18 atom stereocenters. The molecule has 0 aromatic carbocycles. The van der Waals surface area contributed by atoms with Crippen LogP contribution in [0, 0.1) is 74.9 Å². The van der Waals surface area contributed by atoms with Crippen LogP contribution < -0.4 is 0 Å². The molecule has 9 heteroatoms. The summed E-state index contributed by atoms with van der Waals surface area (Å²) in [5, 5.41) is 54.1. The van der Waals surface area contributed by atoms with E-state index >= 15 is 0 Å². The van der Waals surface area contributed by atoms with Gasteiger partial charge in [-0.1, -0.05) is 90.0 Å². The normalized spacial score (nSPS) is 48.7. The molecular formula is C49H94O7Si2. The van der Waals surface area contributed by atoms with E-state index in [1.54, 1.807) is 0 Å². The Morgan fingerprint density at radius 3 is 1.28 bits per heavy atom. The molecule has 0 aromatic heterocycles. The number of rotatable bonds is 6. The molecule has 0 aromatic rings. The summed E-state index contributed by atoms with van der Waals surface area (Å²) < 4.78 is 14.3. The van der Waals surface area contributed by atoms with E-state index in [-0.39, 0.29) is 81.2 Å². The Morgan fingerprint density at radius 1 is 0.534 bits per heavy atom. The number of aliphatic hydroxyl groups is 5. The minimum atomic E-state index is -2.01. The fourth-order valence-corrected chi connectivity index (χ4v) is 17.7. The Labute approximate surface area is 358 Å². The van der Waals surface area contributed by atoms with Gasteiger partial charge in [0, 0.05) is 25.4 Å². The minimum Gasteiger partial charge on any atom is -0.414 e. The summed E-state index contributed by atoms with van der Waals surface area (Å²) in [5.41, 5.74) is -0.709. The van der Waals surface area contributed by atoms with Crippen LogP contribution in [0.5, 0.6) is 0 Å². The summed E-state index contributed by atoms with van der Waals surface area (Å²) >= 11 is 0. The highest BCUT2D eigenvalue weighted by Crippen LogP contribution is 2.67. The van der Waals surface area contributed by atoms with Gasteiger partial charge in [0.1, 0.15) is 0 Å². The molecule has 58 heavy (non-hydrogen) atoms. The summed E-state index contributed by atoms with van der Waals surface area (Å²) in [4.78, 5) is 0. The molecule has 0 bridgehead atoms. The van der Waals surface area contributed by atoms with E-state index in [4.69, 9.17) is 8.85 Å². The van der Waals surface area contributed by atoms with Crippen LogP contribution in [0.1, 0.15) is 154 Å². The second kappa shape index (κ2) is 16.6. The first-order chi connectivity index (χ1) is 26.3. The zero-order valence-corrected chi connectivity index (χ0v) is 42.6. The van der Waals surface area contributed by atoms with Crippen LogP contribution in [0.25, 0.3) is 0 Å². The maximum atomic E-state index is 11.1. The van der Waals surface area contributed by atoms with Gasteiger partial charge in [-0.15, -0.1) is 0 Å². The number of hydrogen-bond donors (Lipinski definition) is 5. The first kappa shape index (κ1) is 49.2. The molecule has 6 saturated carbocycles. The van der Waals surface area contributed by atoms with E-state index < -0.39 is 22.7 Å². The van der Waals surface area contributed by atoms with Gasteiger partial charge in [0.05, 0.1) is 18.3 Å². The predicted octanol–water partition coefficient (Wildman–Crippen LogP) is 10.4. The quantitative estimate of drug-likeness (QED) is 0.169. The molecule has 0 unspecified atom stereocenters. The molecule has 0 amide bonds. The molecule has 6 fully saturated rings. The molecule has 6 aliphatic rings. The van der Waals surface area contributed by atoms with E-state index in [0.717, 1.165) is 44.4 Å². The second-order valence-electron chi connectivity index (χ2n) is 26.3. The average molecular weight is 851 g/mol. The third-order valence-corrected chi connectivity index (χ3v) is 28.3. The Balaban J connectivity index is 0.000000221. The fourth-order valence-electron chi connectivity index (χ4n) is 15.0. The van der Waals surface area contributed by atoms with Crippen molar-refractivity contribution in [2.75, 3.05) is 13.2 Å². The van der Waals surface area contributed by atoms with Crippen molar-refractivity contribution in [2.24, 2.45) is 74.9 Å². The van der Waals surface area contributed by atoms with Gasteiger partial charge in [0.2, 0.25) is 0 Å². The molecule has 0 spiro atoms. The van der Waals surface area contributed by atoms with Crippen molar-refractivity contribution in [3.8, 4) is 0 Å². The summed E-state index contributed by atoms with van der Waals surface area (Å²) in [5.74, 6) is 4.41. The molecule has 7 nitrogen and oxygen atoms in total. The molecular weight excluding hydrogens is 757 g/mol. The number of fused-ring (bicyclic) bond motifs is 6. The molecule has 0 heterocycles. The summed E-state index contributed by atoms with van der Waals surface area (Å²) in [6, 6.07) is 0. The van der Waals surface area contributed by atoms with Crippen LogP contribution in [-0.2, 0) is 8.85 Å². The Kier molecular flexibility index (Phi) is 14.1. The number of aliphatic hydroxyl groups excluding tert-OH is 5. The molecule has 0 saturated heterocycles. The van der Waals surface area contributed by atoms with Crippen LogP contribution in [0.4, 0.5) is 0 Å². The molecule has 6 aliphatic carbocycles. The van der Waals surface area contributed by atoms with Crippen LogP contribution in [0.2, 0.25) is 36.3 Å². The van der Waals surface area contributed by atoms with Gasteiger partial charge in [-0.2, -0.15) is 0 Å². The van der Waals surface area contributed by atoms with Crippen molar-refractivity contribution in [2.45, 2.75) is 221 Å². The van der Waals surface area contributed by atoms with Gasteiger partial charge in [-0.05, 0) is 175 Å². The van der Waals surface area contributed by atoms with E-state index in [1.165, 1.54) is 12.8 Å². The zero-order valence-electron chi connectivity index (χ0n) is 40.6. The molecule has 340 valence electrons. The van der Waals surface area contributed by atoms with Crippen molar-refractivity contribution in [1.82, 2.24) is 0 Å². The van der Waals surface area contributed by atoms with Gasteiger partial charge < -0.3 is 34.4 Å². The molecule has 0 radical (unpaired) electrons. The highest BCUT2D eigenvalue weighted by atomic mass is 28.4. The highest BCUT2D eigenvalue weighted by Gasteiger charge is 2.66. The first-order valence-corrected chi connectivity index (χ1v) is 29.7. The van der Waals surface area contributed by atoms with E-state index in [2.05, 4.69) is 116 Å². The van der Waals surface area contributed by atoms with Gasteiger partial charge in [-0.25, -0.2) is 0 Å². The van der Waals surface area contributed by atoms with Crippen LogP contribution in [-0.4, -0.2) is 85.9 Å². The van der Waals surface area contributed by atoms with Gasteiger partial charge in [0.15, 0.2) is 16.6 Å². The largest absolute Gasteiger partial charge is 0.414 e. The third kappa shape index (κ3) is 8.95. The van der Waals surface area contributed by atoms with Gasteiger partial charge >= 0.3 is 0 Å². The fraction of sp³-hybridized carbons (Fsp3) is 1.00. The molecule has 6 rings (SSSR count). The van der Waals surface area contributed by atoms with E-state index in [0.29, 0.717) is 48.3 Å². The smallest absolute Gasteiger partial charge is 0.192 e. The van der Waals surface area contributed by atoms with Crippen LogP contribution >= 0.6 is 0 Å². The third-order valence-electron chi connectivity index (χ3n) is 19.3. The van der Waals surface area contributed by atoms with Crippen molar-refractivity contribution in [3.05, 3.63) is 0 Å². The Morgan fingerprint density at radius 2 is 0.897 bits per heavy atom. The van der Waals surface area contributed by atoms with Crippen molar-refractivity contribution < 1.29 is 34.4 Å². The van der Waals surface area contributed by atoms with Crippen molar-refractivity contribution in [1.29, 1.82) is 0 Å². The maximum Gasteiger partial charge on any atom is 0.192 e. The maximum absolute atomic E-state index is 11.1. The SMILES string of the molecule is C[C@H]1C[C@@H](C)[C@H]2C[C@H](O[Si](C)(C)C(C)(C)C)[C@@H]3[C@](C)(CO)C[C@H](O)C[C@@]3(C)[C@@H]2C1.C[C@H]1C[C@@H](O)[C@H]2C[C@H](O[Si](C)(C)C(C)(C)C)[C@@H]3[C@](C)(CO)C[C@H](O)C[C@@]3(C)[C@@H]2C1. The lowest BCUT2D eigenvalue weighted by molar-refractivity contribution is -0.218. The van der Waals surface area contributed by atoms with Gasteiger partial charge in [0.25, 0.3) is 0 Å². The number of hydrogen-bond acceptors (Lipinski definition) is 7. The lowest BCUT2D eigenvalue weighted by atomic mass is 9.42. The standard InChI is InChI=1S/C25H48O3Si.C24H46O4Si/c1-16-10-17(2)19-12-21(28-29(8,9)23(3,4)5)22-24(6,15-26)13-18(27)14-25(22,7)20(19)11-16;1-15-9-18-17(19(27)10-15)11-20(28-29(7,8)22(2,3)4)21-23(5,14-25)12-16(26)13-24(18,21)6/h16-22,26-27H,10-15H2,1-9H3;15-21,25-27H,9-14H2,1-8H3/t16-,17+,18-,19+,20+,21-,22+,24-,25-;15-,16+,17+,18-,19-,20+,21-,23+,24+/m01/s1. The van der Waals surface area contributed by atoms with Crippen molar-refractivity contribution >= 4 is 16.6 Å². The predicted molar refractivity (Wildman–Crippen MR) is 243 cm³/mol. The average Bonchev–Trinajstić information content (AvgIpc) is 3.04. The van der Waals surface area contributed by atoms with Crippen molar-refractivity contribution in [3.63, 3.8) is 0 Å². The Bertz CT molecular complexity index is 1310. The lowest BCUT2D eigenvalue weighted by Crippen LogP contribution is -2.65. The molecule has 0 aliphatic heterocycles. The minimum absolute atomic E-state index is 0.0357. The Hall–Kier alpha value is 0.154. The lowest BCUT2D eigenvalue weighted by Gasteiger charge is -2.66. The van der Waals surface area contributed by atoms with E-state index in [9.17, 15) is 25.5 Å². The summed E-state index contributed by atoms with van der Waals surface area (Å²) in [6.07, 6.45) is 8.78. The highest BCUT2D eigenvalue weighted by molar-refractivity contribution is 6.74. The van der Waals surface area contributed by atoms with Gasteiger partial charge in [-0.3, -0.25) is 0 Å². The van der Waals surface area contributed by atoms with E-state index in [1.807, 2.05) is 0 Å². The van der Waals surface area contributed by atoms with Crippen LogP contribution in [0.15, 0.2) is 0 Å². The molecule has 5 N–H and O–H groups in total. The second-order valence-corrected chi connectivity index (χ2v) is 35.8. The summed E-state index contributed by atoms with van der Waals surface area (Å²) in [7, 11) is -3.94.